The SMILES string of the molecule is Cc1noc(C)c1CN1CC(O)CC1c1ccc(F)c(F)c1. The number of aryl methyl sites for hydroxylation is 2. The second-order valence-electron chi connectivity index (χ2n) is 5.81. The van der Waals surface area contributed by atoms with Crippen molar-refractivity contribution >= 4 is 0 Å². The van der Waals surface area contributed by atoms with Crippen molar-refractivity contribution < 1.29 is 18.4 Å². The van der Waals surface area contributed by atoms with Crippen molar-refractivity contribution in [3.63, 3.8) is 0 Å². The summed E-state index contributed by atoms with van der Waals surface area (Å²) in [4.78, 5) is 2.05. The summed E-state index contributed by atoms with van der Waals surface area (Å²) in [5.74, 6) is -0.987. The van der Waals surface area contributed by atoms with Crippen molar-refractivity contribution in [1.29, 1.82) is 0 Å². The number of aromatic nitrogens is 1. The number of benzene rings is 1. The molecule has 2 aromatic rings. The fourth-order valence-electron chi connectivity index (χ4n) is 3.05. The van der Waals surface area contributed by atoms with E-state index in [1.54, 1.807) is 6.07 Å². The lowest BCUT2D eigenvalue weighted by atomic mass is 10.0. The second kappa shape index (κ2) is 5.78. The molecule has 2 heterocycles. The van der Waals surface area contributed by atoms with E-state index in [2.05, 4.69) is 5.16 Å². The summed E-state index contributed by atoms with van der Waals surface area (Å²) in [7, 11) is 0. The Hall–Kier alpha value is -1.79. The van der Waals surface area contributed by atoms with Crippen molar-refractivity contribution in [3.05, 3.63) is 52.4 Å². The molecular formula is C16H18F2N2O2. The van der Waals surface area contributed by atoms with Gasteiger partial charge < -0.3 is 9.63 Å². The molecular weight excluding hydrogens is 290 g/mol. The maximum Gasteiger partial charge on any atom is 0.159 e. The molecule has 1 aliphatic heterocycles. The van der Waals surface area contributed by atoms with Gasteiger partial charge in [-0.1, -0.05) is 11.2 Å². The van der Waals surface area contributed by atoms with Crippen LogP contribution in [0.5, 0.6) is 0 Å². The molecule has 0 spiro atoms. The molecule has 118 valence electrons. The zero-order valence-corrected chi connectivity index (χ0v) is 12.5. The smallest absolute Gasteiger partial charge is 0.159 e. The largest absolute Gasteiger partial charge is 0.392 e. The van der Waals surface area contributed by atoms with Gasteiger partial charge in [0, 0.05) is 24.7 Å². The molecule has 3 rings (SSSR count). The first-order chi connectivity index (χ1) is 10.5. The molecule has 2 atom stereocenters. The normalized spacial score (nSPS) is 22.4. The average Bonchev–Trinajstić information content (AvgIpc) is 2.99. The molecule has 0 bridgehead atoms. The highest BCUT2D eigenvalue weighted by Gasteiger charge is 2.33. The van der Waals surface area contributed by atoms with E-state index < -0.39 is 17.7 Å². The fourth-order valence-corrected chi connectivity index (χ4v) is 3.05. The monoisotopic (exact) mass is 308 g/mol. The van der Waals surface area contributed by atoms with Crippen LogP contribution in [0.1, 0.15) is 35.0 Å². The van der Waals surface area contributed by atoms with E-state index in [0.29, 0.717) is 25.1 Å². The Morgan fingerprint density at radius 1 is 1.32 bits per heavy atom. The molecule has 1 aliphatic rings. The Morgan fingerprint density at radius 3 is 2.73 bits per heavy atom. The highest BCUT2D eigenvalue weighted by Crippen LogP contribution is 2.34. The Balaban J connectivity index is 1.87. The first-order valence-corrected chi connectivity index (χ1v) is 7.24. The summed E-state index contributed by atoms with van der Waals surface area (Å²) >= 11 is 0. The maximum absolute atomic E-state index is 13.5. The van der Waals surface area contributed by atoms with Crippen LogP contribution in [0, 0.1) is 25.5 Å². The molecule has 1 saturated heterocycles. The number of nitrogens with zero attached hydrogens (tertiary/aromatic N) is 2. The molecule has 2 unspecified atom stereocenters. The van der Waals surface area contributed by atoms with Crippen molar-refractivity contribution in [2.75, 3.05) is 6.54 Å². The summed E-state index contributed by atoms with van der Waals surface area (Å²) in [6, 6.07) is 3.75. The van der Waals surface area contributed by atoms with Gasteiger partial charge in [0.2, 0.25) is 0 Å². The third-order valence-electron chi connectivity index (χ3n) is 4.25. The van der Waals surface area contributed by atoms with Crippen molar-refractivity contribution in [1.82, 2.24) is 10.1 Å². The highest BCUT2D eigenvalue weighted by molar-refractivity contribution is 5.25. The van der Waals surface area contributed by atoms with Gasteiger partial charge >= 0.3 is 0 Å². The topological polar surface area (TPSA) is 49.5 Å². The third kappa shape index (κ3) is 2.76. The van der Waals surface area contributed by atoms with Crippen LogP contribution in [0.15, 0.2) is 22.7 Å². The van der Waals surface area contributed by atoms with E-state index in [-0.39, 0.29) is 6.04 Å². The molecule has 1 fully saturated rings. The minimum Gasteiger partial charge on any atom is -0.392 e. The zero-order chi connectivity index (χ0) is 15.9. The average molecular weight is 308 g/mol. The molecule has 0 aliphatic carbocycles. The minimum atomic E-state index is -0.865. The van der Waals surface area contributed by atoms with E-state index in [1.807, 2.05) is 18.7 Å². The van der Waals surface area contributed by atoms with E-state index in [0.717, 1.165) is 23.1 Å². The number of β-amino-alcohol motifs (C(OH)–C–C–N with tert-alkyl or cyclic N) is 1. The van der Waals surface area contributed by atoms with Crippen molar-refractivity contribution in [3.8, 4) is 0 Å². The molecule has 1 aromatic heterocycles. The van der Waals surface area contributed by atoms with Gasteiger partial charge in [-0.25, -0.2) is 8.78 Å². The molecule has 1 aromatic carbocycles. The first-order valence-electron chi connectivity index (χ1n) is 7.24. The number of rotatable bonds is 3. The summed E-state index contributed by atoms with van der Waals surface area (Å²) in [5.41, 5.74) is 2.45. The first kappa shape index (κ1) is 15.1. The standard InChI is InChI=1S/C16H18F2N2O2/c1-9-13(10(2)22-19-9)8-20-7-12(21)6-16(20)11-3-4-14(17)15(18)5-11/h3-5,12,16,21H,6-8H2,1-2H3. The van der Waals surface area contributed by atoms with Crippen LogP contribution in [-0.2, 0) is 6.54 Å². The molecule has 1 N–H and O–H groups in total. The van der Waals surface area contributed by atoms with Gasteiger partial charge in [0.1, 0.15) is 5.76 Å². The number of likely N-dealkylation sites (tertiary alicyclic amines) is 1. The summed E-state index contributed by atoms with van der Waals surface area (Å²) in [6.45, 7) is 4.74. The zero-order valence-electron chi connectivity index (χ0n) is 12.5. The lowest BCUT2D eigenvalue weighted by molar-refractivity contribution is 0.172. The maximum atomic E-state index is 13.5. The number of aliphatic hydroxyl groups excluding tert-OH is 1. The molecule has 0 saturated carbocycles. The minimum absolute atomic E-state index is 0.154. The summed E-state index contributed by atoms with van der Waals surface area (Å²) in [5, 5.41) is 13.9. The Kier molecular flexibility index (Phi) is 3.97. The van der Waals surface area contributed by atoms with Crippen molar-refractivity contribution in [2.45, 2.75) is 39.0 Å². The van der Waals surface area contributed by atoms with Gasteiger partial charge in [0.25, 0.3) is 0 Å². The Bertz CT molecular complexity index is 667. The Morgan fingerprint density at radius 2 is 2.09 bits per heavy atom. The van der Waals surface area contributed by atoms with Crippen LogP contribution in [-0.4, -0.2) is 27.8 Å². The molecule has 22 heavy (non-hydrogen) atoms. The lowest BCUT2D eigenvalue weighted by Gasteiger charge is -2.24. The predicted molar refractivity (Wildman–Crippen MR) is 76.1 cm³/mol. The lowest BCUT2D eigenvalue weighted by Crippen LogP contribution is -2.25. The van der Waals surface area contributed by atoms with Gasteiger partial charge in [-0.2, -0.15) is 0 Å². The summed E-state index contributed by atoms with van der Waals surface area (Å²) in [6.07, 6.45) is 0.00707. The van der Waals surface area contributed by atoms with Crippen LogP contribution in [0.2, 0.25) is 0 Å². The molecule has 0 amide bonds. The predicted octanol–water partition coefficient (Wildman–Crippen LogP) is 2.88. The number of hydrogen-bond acceptors (Lipinski definition) is 4. The highest BCUT2D eigenvalue weighted by atomic mass is 19.2. The number of hydrogen-bond donors (Lipinski definition) is 1. The van der Waals surface area contributed by atoms with E-state index >= 15 is 0 Å². The summed E-state index contributed by atoms with van der Waals surface area (Å²) < 4.78 is 31.8. The molecule has 0 radical (unpaired) electrons. The van der Waals surface area contributed by atoms with E-state index in [4.69, 9.17) is 4.52 Å². The third-order valence-corrected chi connectivity index (χ3v) is 4.25. The van der Waals surface area contributed by atoms with Gasteiger partial charge in [0.15, 0.2) is 11.6 Å². The number of halogens is 2. The fraction of sp³-hybridized carbons (Fsp3) is 0.438. The number of aliphatic hydroxyl groups is 1. The van der Waals surface area contributed by atoms with Gasteiger partial charge in [-0.3, -0.25) is 4.90 Å². The molecule has 6 heteroatoms. The van der Waals surface area contributed by atoms with Crippen LogP contribution < -0.4 is 0 Å². The van der Waals surface area contributed by atoms with Crippen LogP contribution in [0.25, 0.3) is 0 Å². The quantitative estimate of drug-likeness (QED) is 0.947. The van der Waals surface area contributed by atoms with Crippen LogP contribution in [0.3, 0.4) is 0 Å². The van der Waals surface area contributed by atoms with E-state index in [1.165, 1.54) is 6.07 Å². The van der Waals surface area contributed by atoms with Gasteiger partial charge in [-0.15, -0.1) is 0 Å². The van der Waals surface area contributed by atoms with Crippen molar-refractivity contribution in [2.24, 2.45) is 0 Å². The van der Waals surface area contributed by atoms with Crippen LogP contribution >= 0.6 is 0 Å². The second-order valence-corrected chi connectivity index (χ2v) is 5.81. The van der Waals surface area contributed by atoms with Gasteiger partial charge in [-0.05, 0) is 38.0 Å². The molecule has 4 nitrogen and oxygen atoms in total. The van der Waals surface area contributed by atoms with E-state index in [9.17, 15) is 13.9 Å². The Labute approximate surface area is 127 Å². The van der Waals surface area contributed by atoms with Crippen LogP contribution in [0.4, 0.5) is 8.78 Å². The van der Waals surface area contributed by atoms with Gasteiger partial charge in [0.05, 0.1) is 11.8 Å².